The lowest BCUT2D eigenvalue weighted by Gasteiger charge is -2.38. The predicted octanol–water partition coefficient (Wildman–Crippen LogP) is 1.70. The number of piperidine rings is 1. The van der Waals surface area contributed by atoms with E-state index in [4.69, 9.17) is 9.84 Å². The van der Waals surface area contributed by atoms with E-state index in [2.05, 4.69) is 11.9 Å². The van der Waals surface area contributed by atoms with Gasteiger partial charge in [0.2, 0.25) is 0 Å². The number of amides is 1. The largest absolute Gasteiger partial charge is 0.444 e. The molecule has 0 aromatic rings. The van der Waals surface area contributed by atoms with E-state index in [9.17, 15) is 4.79 Å². The summed E-state index contributed by atoms with van der Waals surface area (Å²) in [7, 11) is 2.05. The van der Waals surface area contributed by atoms with Crippen molar-refractivity contribution in [2.75, 3.05) is 33.3 Å². The summed E-state index contributed by atoms with van der Waals surface area (Å²) in [5.41, 5.74) is -0.438. The Labute approximate surface area is 116 Å². The van der Waals surface area contributed by atoms with Crippen LogP contribution in [0.15, 0.2) is 0 Å². The maximum absolute atomic E-state index is 12.0. The highest BCUT2D eigenvalue weighted by atomic mass is 16.6. The van der Waals surface area contributed by atoms with Gasteiger partial charge >= 0.3 is 6.09 Å². The van der Waals surface area contributed by atoms with Crippen LogP contribution < -0.4 is 0 Å². The molecule has 1 aliphatic heterocycles. The number of ether oxygens (including phenoxy) is 1. The number of carbonyl (C=O) groups excluding carboxylic acids is 1. The Morgan fingerprint density at radius 1 is 1.47 bits per heavy atom. The second-order valence-corrected chi connectivity index (χ2v) is 6.28. The molecule has 5 nitrogen and oxygen atoms in total. The first-order chi connectivity index (χ1) is 8.83. The van der Waals surface area contributed by atoms with E-state index in [1.807, 2.05) is 20.8 Å². The molecule has 0 radical (unpaired) electrons. The average molecular weight is 272 g/mol. The quantitative estimate of drug-likeness (QED) is 0.846. The topological polar surface area (TPSA) is 53.0 Å². The van der Waals surface area contributed by atoms with Crippen molar-refractivity contribution < 1.29 is 14.6 Å². The van der Waals surface area contributed by atoms with Gasteiger partial charge in [0.15, 0.2) is 0 Å². The first-order valence-electron chi connectivity index (χ1n) is 7.12. The molecule has 1 fully saturated rings. The van der Waals surface area contributed by atoms with Crippen LogP contribution in [0.5, 0.6) is 0 Å². The normalized spacial score (nSPS) is 20.7. The third-order valence-electron chi connectivity index (χ3n) is 3.34. The minimum Gasteiger partial charge on any atom is -0.444 e. The highest BCUT2D eigenvalue weighted by Crippen LogP contribution is 2.18. The van der Waals surface area contributed by atoms with Crippen LogP contribution in [0, 0.1) is 0 Å². The zero-order valence-electron chi connectivity index (χ0n) is 12.7. The fraction of sp³-hybridized carbons (Fsp3) is 0.929. The van der Waals surface area contributed by atoms with Crippen LogP contribution >= 0.6 is 0 Å². The Hall–Kier alpha value is -0.810. The van der Waals surface area contributed by atoms with E-state index in [0.29, 0.717) is 6.04 Å². The van der Waals surface area contributed by atoms with Gasteiger partial charge in [-0.2, -0.15) is 0 Å². The van der Waals surface area contributed by atoms with Crippen LogP contribution in [0.3, 0.4) is 0 Å². The molecule has 1 heterocycles. The Kier molecular flexibility index (Phi) is 6.07. The van der Waals surface area contributed by atoms with E-state index >= 15 is 0 Å². The molecule has 0 aromatic carbocycles. The number of rotatable bonds is 4. The Bertz CT molecular complexity index is 289. The highest BCUT2D eigenvalue weighted by Gasteiger charge is 2.29. The van der Waals surface area contributed by atoms with E-state index < -0.39 is 5.60 Å². The fourth-order valence-electron chi connectivity index (χ4n) is 2.31. The molecule has 0 aromatic heterocycles. The molecule has 0 bridgehead atoms. The summed E-state index contributed by atoms with van der Waals surface area (Å²) in [6.45, 7) is 8.24. The zero-order valence-corrected chi connectivity index (χ0v) is 12.7. The van der Waals surface area contributed by atoms with Crippen molar-refractivity contribution in [3.8, 4) is 0 Å². The van der Waals surface area contributed by atoms with E-state index in [1.165, 1.54) is 0 Å². The number of hydrogen-bond donors (Lipinski definition) is 1. The summed E-state index contributed by atoms with van der Waals surface area (Å²) < 4.78 is 5.41. The van der Waals surface area contributed by atoms with Crippen molar-refractivity contribution in [1.29, 1.82) is 0 Å². The number of aliphatic hydroxyl groups excluding tert-OH is 1. The maximum Gasteiger partial charge on any atom is 0.410 e. The number of hydrogen-bond acceptors (Lipinski definition) is 4. The van der Waals surface area contributed by atoms with Gasteiger partial charge in [0.25, 0.3) is 0 Å². The molecule has 5 heteroatoms. The van der Waals surface area contributed by atoms with Crippen molar-refractivity contribution >= 4 is 6.09 Å². The van der Waals surface area contributed by atoms with Gasteiger partial charge in [-0.3, -0.25) is 0 Å². The molecule has 0 aliphatic carbocycles. The number of carbonyl (C=O) groups is 1. The molecule has 1 N–H and O–H groups in total. The standard InChI is InChI=1S/C14H28N2O3/c1-14(2,3)19-13(18)16-9-5-7-12(11-16)15(4)8-6-10-17/h12,17H,5-11H2,1-4H3. The van der Waals surface area contributed by atoms with Crippen molar-refractivity contribution in [3.05, 3.63) is 0 Å². The van der Waals surface area contributed by atoms with Crippen LogP contribution in [-0.4, -0.2) is 65.9 Å². The van der Waals surface area contributed by atoms with E-state index in [0.717, 1.165) is 38.9 Å². The maximum atomic E-state index is 12.0. The molecular formula is C14H28N2O3. The molecular weight excluding hydrogens is 244 g/mol. The first-order valence-corrected chi connectivity index (χ1v) is 7.12. The summed E-state index contributed by atoms with van der Waals surface area (Å²) in [6.07, 6.45) is 2.67. The lowest BCUT2D eigenvalue weighted by atomic mass is 10.0. The van der Waals surface area contributed by atoms with E-state index in [-0.39, 0.29) is 12.7 Å². The van der Waals surface area contributed by atoms with Crippen LogP contribution in [0.25, 0.3) is 0 Å². The van der Waals surface area contributed by atoms with Crippen LogP contribution in [0.4, 0.5) is 4.79 Å². The molecule has 112 valence electrons. The highest BCUT2D eigenvalue weighted by molar-refractivity contribution is 5.68. The molecule has 1 amide bonds. The molecule has 1 atom stereocenters. The van der Waals surface area contributed by atoms with Gasteiger partial charge < -0.3 is 19.6 Å². The minimum absolute atomic E-state index is 0.215. The number of likely N-dealkylation sites (tertiary alicyclic amines) is 1. The Morgan fingerprint density at radius 3 is 2.74 bits per heavy atom. The summed E-state index contributed by atoms with van der Waals surface area (Å²) in [4.78, 5) is 16.1. The molecule has 19 heavy (non-hydrogen) atoms. The summed E-state index contributed by atoms with van der Waals surface area (Å²) >= 11 is 0. The Morgan fingerprint density at radius 2 is 2.16 bits per heavy atom. The third kappa shape index (κ3) is 5.78. The first kappa shape index (κ1) is 16.2. The van der Waals surface area contributed by atoms with Crippen LogP contribution in [0.1, 0.15) is 40.0 Å². The fourth-order valence-corrected chi connectivity index (χ4v) is 2.31. The lowest BCUT2D eigenvalue weighted by molar-refractivity contribution is 0.0122. The molecule has 1 rings (SSSR count). The van der Waals surface area contributed by atoms with Gasteiger partial charge in [-0.25, -0.2) is 4.79 Å². The minimum atomic E-state index is -0.438. The van der Waals surface area contributed by atoms with Gasteiger partial charge in [0.05, 0.1) is 0 Å². The molecule has 0 saturated carbocycles. The van der Waals surface area contributed by atoms with Crippen molar-refractivity contribution in [3.63, 3.8) is 0 Å². The number of nitrogens with zero attached hydrogens (tertiary/aromatic N) is 2. The van der Waals surface area contributed by atoms with Gasteiger partial charge in [-0.05, 0) is 47.1 Å². The van der Waals surface area contributed by atoms with Gasteiger partial charge in [0.1, 0.15) is 5.60 Å². The molecule has 1 unspecified atom stereocenters. The monoisotopic (exact) mass is 272 g/mol. The van der Waals surface area contributed by atoms with Crippen molar-refractivity contribution in [2.24, 2.45) is 0 Å². The second-order valence-electron chi connectivity index (χ2n) is 6.28. The molecule has 0 spiro atoms. The smallest absolute Gasteiger partial charge is 0.410 e. The second kappa shape index (κ2) is 7.10. The Balaban J connectivity index is 2.47. The van der Waals surface area contributed by atoms with Crippen molar-refractivity contribution in [2.45, 2.75) is 51.7 Å². The van der Waals surface area contributed by atoms with Gasteiger partial charge in [-0.1, -0.05) is 0 Å². The summed E-state index contributed by atoms with van der Waals surface area (Å²) in [5.74, 6) is 0. The van der Waals surface area contributed by atoms with Gasteiger partial charge in [-0.15, -0.1) is 0 Å². The molecule has 1 aliphatic rings. The SMILES string of the molecule is CN(CCCO)C1CCCN(C(=O)OC(C)(C)C)C1. The third-order valence-corrected chi connectivity index (χ3v) is 3.34. The number of likely N-dealkylation sites (N-methyl/N-ethyl adjacent to an activating group) is 1. The average Bonchev–Trinajstić information content (AvgIpc) is 2.34. The molecule has 1 saturated heterocycles. The summed E-state index contributed by atoms with van der Waals surface area (Å²) in [6, 6.07) is 0.368. The zero-order chi connectivity index (χ0) is 14.5. The summed E-state index contributed by atoms with van der Waals surface area (Å²) in [5, 5.41) is 8.87. The van der Waals surface area contributed by atoms with E-state index in [1.54, 1.807) is 4.90 Å². The lowest BCUT2D eigenvalue weighted by Crippen LogP contribution is -2.50. The number of aliphatic hydroxyl groups is 1. The van der Waals surface area contributed by atoms with Gasteiger partial charge in [0, 0.05) is 32.3 Å². The van der Waals surface area contributed by atoms with Crippen LogP contribution in [-0.2, 0) is 4.74 Å². The predicted molar refractivity (Wildman–Crippen MR) is 75.2 cm³/mol. The van der Waals surface area contributed by atoms with Crippen molar-refractivity contribution in [1.82, 2.24) is 9.80 Å². The van der Waals surface area contributed by atoms with Crippen LogP contribution in [0.2, 0.25) is 0 Å².